The highest BCUT2D eigenvalue weighted by Crippen LogP contribution is 2.17. The van der Waals surface area contributed by atoms with E-state index in [0.29, 0.717) is 24.5 Å². The number of halogens is 1. The van der Waals surface area contributed by atoms with Crippen LogP contribution in [-0.4, -0.2) is 32.2 Å². The van der Waals surface area contributed by atoms with E-state index in [2.05, 4.69) is 20.4 Å². The van der Waals surface area contributed by atoms with Crippen LogP contribution in [0.1, 0.15) is 24.2 Å². The molecule has 0 saturated heterocycles. The lowest BCUT2D eigenvalue weighted by Crippen LogP contribution is -2.25. The number of hydrogen-bond acceptors (Lipinski definition) is 3. The highest BCUT2D eigenvalue weighted by atomic mass is 35.5. The maximum Gasteiger partial charge on any atom is 0.221 e. The molecule has 0 atom stereocenters. The third kappa shape index (κ3) is 4.35. The summed E-state index contributed by atoms with van der Waals surface area (Å²) in [5, 5.41) is 7.79. The summed E-state index contributed by atoms with van der Waals surface area (Å²) in [7, 11) is 0. The molecule has 2 aromatic heterocycles. The lowest BCUT2D eigenvalue weighted by molar-refractivity contribution is -0.121. The Balaban J connectivity index is 1.38. The molecule has 3 aromatic rings. The van der Waals surface area contributed by atoms with Gasteiger partial charge in [-0.1, -0.05) is 11.6 Å². The zero-order valence-corrected chi connectivity index (χ0v) is 14.3. The number of fused-ring (bicyclic) bond motifs is 1. The molecule has 3 rings (SSSR count). The van der Waals surface area contributed by atoms with Gasteiger partial charge in [-0.2, -0.15) is 5.10 Å². The maximum atomic E-state index is 11.8. The number of aryl methyl sites for hydroxylation is 3. The van der Waals surface area contributed by atoms with E-state index in [1.165, 1.54) is 0 Å². The molecule has 0 aliphatic heterocycles. The summed E-state index contributed by atoms with van der Waals surface area (Å²) in [4.78, 5) is 19.6. The van der Waals surface area contributed by atoms with Crippen molar-refractivity contribution in [1.82, 2.24) is 25.1 Å². The molecule has 2 heterocycles. The largest absolute Gasteiger partial charge is 0.356 e. The van der Waals surface area contributed by atoms with E-state index in [9.17, 15) is 4.79 Å². The minimum atomic E-state index is 0.0412. The molecule has 1 amide bonds. The average molecular weight is 346 g/mol. The molecule has 2 N–H and O–H groups in total. The summed E-state index contributed by atoms with van der Waals surface area (Å²) in [6.07, 6.45) is 5.77. The monoisotopic (exact) mass is 345 g/mol. The van der Waals surface area contributed by atoms with E-state index in [0.717, 1.165) is 35.3 Å². The van der Waals surface area contributed by atoms with Gasteiger partial charge in [-0.15, -0.1) is 0 Å². The summed E-state index contributed by atoms with van der Waals surface area (Å²) >= 11 is 5.96. The number of imidazole rings is 1. The van der Waals surface area contributed by atoms with Crippen molar-refractivity contribution in [1.29, 1.82) is 0 Å². The SMILES string of the molecule is Cc1cnn(CCC(=O)NCCCc2nc3ccc(Cl)cc3[nH]2)c1. The smallest absolute Gasteiger partial charge is 0.221 e. The van der Waals surface area contributed by atoms with Crippen LogP contribution < -0.4 is 5.32 Å². The maximum absolute atomic E-state index is 11.8. The number of rotatable bonds is 7. The van der Waals surface area contributed by atoms with E-state index in [-0.39, 0.29) is 5.91 Å². The fraction of sp³-hybridized carbons (Fsp3) is 0.353. The molecule has 24 heavy (non-hydrogen) atoms. The Bertz CT molecular complexity index is 838. The van der Waals surface area contributed by atoms with Gasteiger partial charge >= 0.3 is 0 Å². The van der Waals surface area contributed by atoms with Gasteiger partial charge < -0.3 is 10.3 Å². The molecule has 0 aliphatic carbocycles. The minimum Gasteiger partial charge on any atom is -0.356 e. The summed E-state index contributed by atoms with van der Waals surface area (Å²) in [6.45, 7) is 3.22. The molecule has 1 aromatic carbocycles. The number of H-pyrrole nitrogens is 1. The Morgan fingerprint density at radius 1 is 1.42 bits per heavy atom. The fourth-order valence-electron chi connectivity index (χ4n) is 2.53. The van der Waals surface area contributed by atoms with Crippen LogP contribution in [0, 0.1) is 6.92 Å². The quantitative estimate of drug-likeness (QED) is 0.646. The predicted octanol–water partition coefficient (Wildman–Crippen LogP) is 2.86. The molecule has 126 valence electrons. The number of benzene rings is 1. The van der Waals surface area contributed by atoms with E-state index in [1.807, 2.05) is 31.3 Å². The molecule has 0 unspecified atom stereocenters. The zero-order valence-electron chi connectivity index (χ0n) is 13.6. The topological polar surface area (TPSA) is 75.6 Å². The van der Waals surface area contributed by atoms with Crippen LogP contribution in [0.15, 0.2) is 30.6 Å². The Morgan fingerprint density at radius 3 is 3.08 bits per heavy atom. The molecule has 7 heteroatoms. The zero-order chi connectivity index (χ0) is 16.9. The second-order valence-corrected chi connectivity index (χ2v) is 6.27. The first kappa shape index (κ1) is 16.5. The Kier molecular flexibility index (Phi) is 5.15. The molecule has 0 radical (unpaired) electrons. The number of aromatic nitrogens is 4. The molecule has 0 fully saturated rings. The second kappa shape index (κ2) is 7.49. The molecule has 0 bridgehead atoms. The molecular weight excluding hydrogens is 326 g/mol. The highest BCUT2D eigenvalue weighted by Gasteiger charge is 2.05. The van der Waals surface area contributed by atoms with Gasteiger partial charge in [0.25, 0.3) is 0 Å². The fourth-order valence-corrected chi connectivity index (χ4v) is 2.70. The molecule has 0 aliphatic rings. The van der Waals surface area contributed by atoms with Crippen molar-refractivity contribution in [2.45, 2.75) is 32.7 Å². The van der Waals surface area contributed by atoms with Gasteiger partial charge in [-0.3, -0.25) is 9.48 Å². The third-order valence-electron chi connectivity index (χ3n) is 3.74. The normalized spacial score (nSPS) is 11.1. The number of carbonyl (C=O) groups excluding carboxylic acids is 1. The van der Waals surface area contributed by atoms with E-state index >= 15 is 0 Å². The number of nitrogens with zero attached hydrogens (tertiary/aromatic N) is 3. The van der Waals surface area contributed by atoms with Gasteiger partial charge in [0.2, 0.25) is 5.91 Å². The van der Waals surface area contributed by atoms with Crippen molar-refractivity contribution >= 4 is 28.5 Å². The molecule has 0 spiro atoms. The first-order valence-electron chi connectivity index (χ1n) is 8.00. The van der Waals surface area contributed by atoms with Crippen LogP contribution in [0.4, 0.5) is 0 Å². The van der Waals surface area contributed by atoms with Crippen LogP contribution in [0.2, 0.25) is 5.02 Å². The number of carbonyl (C=O) groups is 1. The third-order valence-corrected chi connectivity index (χ3v) is 3.97. The van der Waals surface area contributed by atoms with Crippen LogP contribution in [-0.2, 0) is 17.8 Å². The molecule has 6 nitrogen and oxygen atoms in total. The predicted molar refractivity (Wildman–Crippen MR) is 94.0 cm³/mol. The van der Waals surface area contributed by atoms with Gasteiger partial charge in [0, 0.05) is 37.2 Å². The number of nitrogens with one attached hydrogen (secondary N) is 2. The van der Waals surface area contributed by atoms with Gasteiger partial charge in [-0.05, 0) is 37.1 Å². The summed E-state index contributed by atoms with van der Waals surface area (Å²) in [5.74, 6) is 0.952. The number of aromatic amines is 1. The van der Waals surface area contributed by atoms with Gasteiger partial charge in [-0.25, -0.2) is 4.98 Å². The average Bonchev–Trinajstić information content (AvgIpc) is 3.14. The second-order valence-electron chi connectivity index (χ2n) is 5.83. The lowest BCUT2D eigenvalue weighted by Gasteiger charge is -2.04. The van der Waals surface area contributed by atoms with Gasteiger partial charge in [0.1, 0.15) is 5.82 Å². The van der Waals surface area contributed by atoms with Crippen LogP contribution in [0.3, 0.4) is 0 Å². The number of hydrogen-bond donors (Lipinski definition) is 2. The van der Waals surface area contributed by atoms with Crippen molar-refractivity contribution in [2.75, 3.05) is 6.54 Å². The van der Waals surface area contributed by atoms with Crippen molar-refractivity contribution in [3.63, 3.8) is 0 Å². The summed E-state index contributed by atoms with van der Waals surface area (Å²) in [5.41, 5.74) is 2.95. The first-order valence-corrected chi connectivity index (χ1v) is 8.38. The summed E-state index contributed by atoms with van der Waals surface area (Å²) in [6, 6.07) is 5.60. The number of amides is 1. The minimum absolute atomic E-state index is 0.0412. The van der Waals surface area contributed by atoms with Crippen LogP contribution in [0.5, 0.6) is 0 Å². The van der Waals surface area contributed by atoms with Crippen molar-refractivity contribution < 1.29 is 4.79 Å². The summed E-state index contributed by atoms with van der Waals surface area (Å²) < 4.78 is 1.79. The van der Waals surface area contributed by atoms with Crippen molar-refractivity contribution in [3.8, 4) is 0 Å². The first-order chi connectivity index (χ1) is 11.6. The van der Waals surface area contributed by atoms with Gasteiger partial charge in [0.05, 0.1) is 17.2 Å². The molecular formula is C17H20ClN5O. The van der Waals surface area contributed by atoms with Crippen molar-refractivity contribution in [3.05, 3.63) is 47.0 Å². The lowest BCUT2D eigenvalue weighted by atomic mass is 10.3. The Labute approximate surface area is 145 Å². The Morgan fingerprint density at radius 2 is 2.29 bits per heavy atom. The van der Waals surface area contributed by atoms with E-state index in [4.69, 9.17) is 11.6 Å². The standard InChI is InChI=1S/C17H20ClN5O/c1-12-10-20-23(11-12)8-6-17(24)19-7-2-3-16-21-14-5-4-13(18)9-15(14)22-16/h4-5,9-11H,2-3,6-8H2,1H3,(H,19,24)(H,21,22). The van der Waals surface area contributed by atoms with E-state index in [1.54, 1.807) is 10.9 Å². The van der Waals surface area contributed by atoms with Crippen molar-refractivity contribution in [2.24, 2.45) is 0 Å². The van der Waals surface area contributed by atoms with Crippen LogP contribution in [0.25, 0.3) is 11.0 Å². The molecule has 0 saturated carbocycles. The van der Waals surface area contributed by atoms with Gasteiger partial charge in [0.15, 0.2) is 0 Å². The highest BCUT2D eigenvalue weighted by molar-refractivity contribution is 6.31. The van der Waals surface area contributed by atoms with E-state index < -0.39 is 0 Å². The Hall–Kier alpha value is -2.34. The van der Waals surface area contributed by atoms with Crippen LogP contribution >= 0.6 is 11.6 Å².